The molecule has 0 unspecified atom stereocenters. The topological polar surface area (TPSA) is 127 Å². The molecule has 0 radical (unpaired) electrons. The average Bonchev–Trinajstić information content (AvgIpc) is 2.94. The molecular formula is C17H14N4O5. The molecule has 0 aliphatic rings. The van der Waals surface area contributed by atoms with Crippen LogP contribution in [0, 0.1) is 10.1 Å². The number of fused-ring (bicyclic) bond motifs is 2. The summed E-state index contributed by atoms with van der Waals surface area (Å²) in [5.41, 5.74) is 1.35. The molecule has 0 aliphatic carbocycles. The summed E-state index contributed by atoms with van der Waals surface area (Å²) in [6.07, 6.45) is 0. The van der Waals surface area contributed by atoms with Crippen LogP contribution in [0.5, 0.6) is 0 Å². The number of amides is 1. The van der Waals surface area contributed by atoms with E-state index < -0.39 is 10.8 Å². The molecule has 0 spiro atoms. The summed E-state index contributed by atoms with van der Waals surface area (Å²) in [6, 6.07) is 8.61. The Labute approximate surface area is 145 Å². The molecule has 4 aromatic rings. The number of carbonyl (C=O) groups excluding carboxylic acids is 1. The minimum Gasteiger partial charge on any atom is -0.449 e. The first kappa shape index (κ1) is 16.0. The lowest BCUT2D eigenvalue weighted by Crippen LogP contribution is -2.13. The number of benzene rings is 2. The number of aromatic nitrogens is 2. The van der Waals surface area contributed by atoms with E-state index in [0.29, 0.717) is 22.0 Å². The van der Waals surface area contributed by atoms with Crippen LogP contribution in [0.1, 0.15) is 6.92 Å². The van der Waals surface area contributed by atoms with Gasteiger partial charge in [0.25, 0.3) is 0 Å². The van der Waals surface area contributed by atoms with Gasteiger partial charge >= 0.3 is 5.69 Å². The van der Waals surface area contributed by atoms with Crippen LogP contribution < -0.4 is 5.36 Å². The number of hydrogen-bond acceptors (Lipinski definition) is 5. The molecule has 0 bridgehead atoms. The molecule has 0 saturated heterocycles. The number of nitrogens with zero attached hydrogens (tertiary/aromatic N) is 3. The maximum Gasteiger partial charge on any atom is 0.337 e. The summed E-state index contributed by atoms with van der Waals surface area (Å²) in [4.78, 5) is 26.4. The van der Waals surface area contributed by atoms with Crippen molar-refractivity contribution in [1.29, 1.82) is 0 Å². The van der Waals surface area contributed by atoms with Crippen molar-refractivity contribution in [3.63, 3.8) is 0 Å². The molecule has 0 aliphatic heterocycles. The standard InChI is InChI=1S/C17H14N4O5/c1-9(23)18-11-8-12-14-15(19-20(12)6-7-22)10-4-2-3-5-13(10)26-17(14)16(11)21(24)25/h2-5,8,19,22H,6-7H2,1H3. The highest BCUT2D eigenvalue weighted by Gasteiger charge is 2.25. The molecule has 4 rings (SSSR count). The summed E-state index contributed by atoms with van der Waals surface area (Å²) in [5.74, 6) is -0.555. The molecule has 9 nitrogen and oxygen atoms in total. The molecule has 1 amide bonds. The number of aromatic amines is 1. The van der Waals surface area contributed by atoms with Gasteiger partial charge in [-0.25, -0.2) is 4.99 Å². The molecule has 2 N–H and O–H groups in total. The number of aliphatic hydroxyl groups is 1. The number of nitrogens with one attached hydrogen (secondary N) is 1. The van der Waals surface area contributed by atoms with Crippen molar-refractivity contribution in [2.75, 3.05) is 6.61 Å². The first-order chi connectivity index (χ1) is 12.5. The molecule has 2 aromatic heterocycles. The fourth-order valence-corrected chi connectivity index (χ4v) is 3.20. The van der Waals surface area contributed by atoms with E-state index in [2.05, 4.69) is 10.1 Å². The molecule has 26 heavy (non-hydrogen) atoms. The third-order valence-corrected chi connectivity index (χ3v) is 4.15. The highest BCUT2D eigenvalue weighted by molar-refractivity contribution is 6.17. The van der Waals surface area contributed by atoms with Gasteiger partial charge in [-0.15, -0.1) is 0 Å². The zero-order chi connectivity index (χ0) is 18.4. The second-order valence-corrected chi connectivity index (χ2v) is 5.82. The van der Waals surface area contributed by atoms with Crippen molar-refractivity contribution >= 4 is 44.6 Å². The van der Waals surface area contributed by atoms with Gasteiger partial charge in [0.1, 0.15) is 5.58 Å². The van der Waals surface area contributed by atoms with Crippen molar-refractivity contribution in [3.05, 3.63) is 45.8 Å². The maximum atomic E-state index is 11.7. The van der Waals surface area contributed by atoms with Crippen molar-refractivity contribution in [2.24, 2.45) is 4.99 Å². The van der Waals surface area contributed by atoms with Gasteiger partial charge < -0.3 is 9.52 Å². The van der Waals surface area contributed by atoms with E-state index in [1.807, 2.05) is 12.1 Å². The number of carbonyl (C=O) groups is 1. The number of rotatable bonds is 3. The van der Waals surface area contributed by atoms with Crippen LogP contribution in [0.15, 0.2) is 39.7 Å². The second kappa shape index (κ2) is 5.81. The van der Waals surface area contributed by atoms with Crippen LogP contribution in [0.4, 0.5) is 5.69 Å². The number of nitro benzene ring substituents is 1. The third kappa shape index (κ3) is 2.29. The van der Waals surface area contributed by atoms with Crippen LogP contribution in [-0.4, -0.2) is 32.3 Å². The van der Waals surface area contributed by atoms with Crippen LogP contribution >= 0.6 is 0 Å². The lowest BCUT2D eigenvalue weighted by molar-refractivity contribution is -0.384. The molecule has 0 saturated carbocycles. The van der Waals surface area contributed by atoms with Crippen molar-refractivity contribution < 1.29 is 19.2 Å². The van der Waals surface area contributed by atoms with Crippen LogP contribution in [0.25, 0.3) is 33.0 Å². The number of para-hydroxylation sites is 1. The van der Waals surface area contributed by atoms with E-state index >= 15 is 0 Å². The Kier molecular flexibility index (Phi) is 3.58. The molecular weight excluding hydrogens is 340 g/mol. The van der Waals surface area contributed by atoms with Gasteiger partial charge in [-0.2, -0.15) is 0 Å². The molecule has 2 aromatic carbocycles. The summed E-state index contributed by atoms with van der Waals surface area (Å²) in [5, 5.41) is 25.4. The Balaban J connectivity index is 2.32. The smallest absolute Gasteiger partial charge is 0.337 e. The van der Waals surface area contributed by atoms with E-state index in [0.717, 1.165) is 5.39 Å². The van der Waals surface area contributed by atoms with Crippen molar-refractivity contribution in [3.8, 4) is 0 Å². The first-order valence-electron chi connectivity index (χ1n) is 7.88. The van der Waals surface area contributed by atoms with Gasteiger partial charge in [0.2, 0.25) is 11.5 Å². The van der Waals surface area contributed by atoms with E-state index in [1.165, 1.54) is 13.0 Å². The Morgan fingerprint density at radius 2 is 2.19 bits per heavy atom. The molecule has 0 atom stereocenters. The van der Waals surface area contributed by atoms with Crippen molar-refractivity contribution in [1.82, 2.24) is 9.78 Å². The van der Waals surface area contributed by atoms with Gasteiger partial charge in [0.15, 0.2) is 5.36 Å². The minimum atomic E-state index is -0.600. The highest BCUT2D eigenvalue weighted by atomic mass is 16.6. The van der Waals surface area contributed by atoms with Gasteiger partial charge in [-0.05, 0) is 18.2 Å². The molecule has 2 heterocycles. The van der Waals surface area contributed by atoms with Gasteiger partial charge in [0.05, 0.1) is 34.5 Å². The number of H-pyrrole nitrogens is 1. The fraction of sp³-hybridized carbons (Fsp3) is 0.176. The van der Waals surface area contributed by atoms with Crippen LogP contribution in [0.2, 0.25) is 0 Å². The predicted molar refractivity (Wildman–Crippen MR) is 93.6 cm³/mol. The average molecular weight is 354 g/mol. The Morgan fingerprint density at radius 3 is 2.88 bits per heavy atom. The van der Waals surface area contributed by atoms with E-state index in [-0.39, 0.29) is 29.8 Å². The predicted octanol–water partition coefficient (Wildman–Crippen LogP) is 2.22. The van der Waals surface area contributed by atoms with Crippen LogP contribution in [0.3, 0.4) is 0 Å². The quantitative estimate of drug-likeness (QED) is 0.331. The Morgan fingerprint density at radius 1 is 1.42 bits per heavy atom. The Hall–Kier alpha value is -3.46. The third-order valence-electron chi connectivity index (χ3n) is 4.15. The first-order valence-corrected chi connectivity index (χ1v) is 7.88. The van der Waals surface area contributed by atoms with Gasteiger partial charge in [0, 0.05) is 12.3 Å². The summed E-state index contributed by atoms with van der Waals surface area (Å²) in [7, 11) is 0. The number of non-ortho nitro benzene ring substituents is 1. The lowest BCUT2D eigenvalue weighted by Gasteiger charge is -2.04. The highest BCUT2D eigenvalue weighted by Crippen LogP contribution is 2.36. The second-order valence-electron chi connectivity index (χ2n) is 5.82. The monoisotopic (exact) mass is 354 g/mol. The van der Waals surface area contributed by atoms with Gasteiger partial charge in [-0.1, -0.05) is 12.1 Å². The number of nitro groups is 1. The fourth-order valence-electron chi connectivity index (χ4n) is 3.20. The van der Waals surface area contributed by atoms with Gasteiger partial charge in [-0.3, -0.25) is 24.7 Å². The van der Waals surface area contributed by atoms with Crippen LogP contribution in [-0.2, 0) is 11.3 Å². The van der Waals surface area contributed by atoms with E-state index in [9.17, 15) is 20.0 Å². The minimum absolute atomic E-state index is 0.0362. The zero-order valence-electron chi connectivity index (χ0n) is 13.7. The summed E-state index contributed by atoms with van der Waals surface area (Å²) < 4.78 is 7.50. The van der Waals surface area contributed by atoms with E-state index in [1.54, 1.807) is 16.8 Å². The number of aliphatic hydroxyl groups excluding tert-OH is 1. The maximum absolute atomic E-state index is 11.7. The molecule has 132 valence electrons. The summed E-state index contributed by atoms with van der Waals surface area (Å²) in [6.45, 7) is 1.34. The normalized spacial score (nSPS) is 12.5. The molecule has 0 fully saturated rings. The van der Waals surface area contributed by atoms with E-state index in [4.69, 9.17) is 4.42 Å². The lowest BCUT2D eigenvalue weighted by atomic mass is 10.1. The van der Waals surface area contributed by atoms with Crippen molar-refractivity contribution in [2.45, 2.75) is 13.5 Å². The summed E-state index contributed by atoms with van der Waals surface area (Å²) >= 11 is 0. The Bertz CT molecular complexity index is 1260. The SMILES string of the molecule is CC(=O)N=c1cc2c3c(oc4ccccc4c3[nH]n2CCO)c1[N+](=O)[O-]. The number of hydrogen-bond donors (Lipinski definition) is 2. The largest absolute Gasteiger partial charge is 0.449 e. The zero-order valence-corrected chi connectivity index (χ0v) is 13.7. The molecule has 9 heteroatoms.